The quantitative estimate of drug-likeness (QED) is 0.765. The van der Waals surface area contributed by atoms with Crippen molar-refractivity contribution in [3.8, 4) is 0 Å². The lowest BCUT2D eigenvalue weighted by Gasteiger charge is -2.49. The van der Waals surface area contributed by atoms with Crippen LogP contribution in [0, 0.1) is 5.92 Å². The minimum Gasteiger partial charge on any atom is -0.339 e. The molecule has 2 N–H and O–H groups in total. The number of amides is 1. The van der Waals surface area contributed by atoms with E-state index in [1.54, 1.807) is 0 Å². The highest BCUT2D eigenvalue weighted by molar-refractivity contribution is 5.83. The minimum absolute atomic E-state index is 0.00678. The van der Waals surface area contributed by atoms with Gasteiger partial charge in [0.2, 0.25) is 5.91 Å². The molecule has 0 aromatic carbocycles. The fourth-order valence-corrected chi connectivity index (χ4v) is 2.31. The molecular weight excluding hydrogens is 202 g/mol. The van der Waals surface area contributed by atoms with Crippen molar-refractivity contribution in [1.29, 1.82) is 0 Å². The van der Waals surface area contributed by atoms with Gasteiger partial charge in [0.15, 0.2) is 0 Å². The molecule has 4 nitrogen and oxygen atoms in total. The number of nitrogens with two attached hydrogens (primary N) is 1. The van der Waals surface area contributed by atoms with Crippen LogP contribution in [0.1, 0.15) is 27.7 Å². The van der Waals surface area contributed by atoms with Crippen LogP contribution in [0.25, 0.3) is 0 Å². The van der Waals surface area contributed by atoms with E-state index in [1.165, 1.54) is 0 Å². The van der Waals surface area contributed by atoms with Crippen LogP contribution in [0.4, 0.5) is 0 Å². The van der Waals surface area contributed by atoms with Gasteiger partial charge in [0.25, 0.3) is 0 Å². The lowest BCUT2D eigenvalue weighted by atomic mass is 9.94. The molecule has 0 radical (unpaired) electrons. The molecule has 0 aliphatic carbocycles. The molecule has 1 unspecified atom stereocenters. The van der Waals surface area contributed by atoms with Crippen molar-refractivity contribution in [2.45, 2.75) is 39.3 Å². The van der Waals surface area contributed by atoms with Gasteiger partial charge < -0.3 is 10.6 Å². The Morgan fingerprint density at radius 1 is 1.50 bits per heavy atom. The van der Waals surface area contributed by atoms with Crippen LogP contribution < -0.4 is 5.73 Å². The Balaban J connectivity index is 2.86. The molecule has 94 valence electrons. The first kappa shape index (κ1) is 13.5. The molecule has 1 atom stereocenters. The lowest BCUT2D eigenvalue weighted by Crippen LogP contribution is -2.67. The molecule has 1 rings (SSSR count). The van der Waals surface area contributed by atoms with Gasteiger partial charge in [0.1, 0.15) is 6.04 Å². The second-order valence-corrected chi connectivity index (χ2v) is 5.79. The van der Waals surface area contributed by atoms with Gasteiger partial charge in [-0.1, -0.05) is 13.8 Å². The van der Waals surface area contributed by atoms with Crippen LogP contribution in [-0.4, -0.2) is 54.0 Å². The van der Waals surface area contributed by atoms with E-state index in [2.05, 4.69) is 32.6 Å². The maximum absolute atomic E-state index is 12.2. The van der Waals surface area contributed by atoms with Gasteiger partial charge in [0.05, 0.1) is 0 Å². The molecule has 16 heavy (non-hydrogen) atoms. The van der Waals surface area contributed by atoms with Gasteiger partial charge in [-0.3, -0.25) is 9.69 Å². The fraction of sp³-hybridized carbons (Fsp3) is 0.917. The highest BCUT2D eigenvalue weighted by Gasteiger charge is 2.42. The zero-order valence-electron chi connectivity index (χ0n) is 11.2. The standard InChI is InChI=1S/C12H25N3O/c1-9(2)7-15-8-12(3,4)14(5)10(6-13)11(15)16/h9-10H,6-8,13H2,1-5H3. The van der Waals surface area contributed by atoms with E-state index in [0.717, 1.165) is 13.1 Å². The number of piperazine rings is 1. The van der Waals surface area contributed by atoms with Gasteiger partial charge >= 0.3 is 0 Å². The SMILES string of the molecule is CC(C)CN1CC(C)(C)N(C)C(CN)C1=O. The summed E-state index contributed by atoms with van der Waals surface area (Å²) < 4.78 is 0. The van der Waals surface area contributed by atoms with Crippen LogP contribution in [0.5, 0.6) is 0 Å². The number of likely N-dealkylation sites (N-methyl/N-ethyl adjacent to an activating group) is 1. The van der Waals surface area contributed by atoms with E-state index >= 15 is 0 Å². The molecule has 1 aliphatic rings. The molecule has 0 bridgehead atoms. The summed E-state index contributed by atoms with van der Waals surface area (Å²) in [6, 6.07) is -0.164. The Bertz CT molecular complexity index is 263. The summed E-state index contributed by atoms with van der Waals surface area (Å²) in [4.78, 5) is 16.3. The predicted molar refractivity (Wildman–Crippen MR) is 66.1 cm³/mol. The van der Waals surface area contributed by atoms with Gasteiger partial charge in [-0.05, 0) is 26.8 Å². The van der Waals surface area contributed by atoms with Gasteiger partial charge in [0, 0.05) is 25.2 Å². The number of carbonyl (C=O) groups excluding carboxylic acids is 1. The molecule has 1 heterocycles. The lowest BCUT2D eigenvalue weighted by molar-refractivity contribution is -0.148. The summed E-state index contributed by atoms with van der Waals surface area (Å²) in [7, 11) is 1.99. The zero-order chi connectivity index (χ0) is 12.5. The Morgan fingerprint density at radius 2 is 2.06 bits per heavy atom. The van der Waals surface area contributed by atoms with E-state index in [0.29, 0.717) is 12.5 Å². The highest BCUT2D eigenvalue weighted by atomic mass is 16.2. The smallest absolute Gasteiger partial charge is 0.241 e. The molecule has 1 saturated heterocycles. The van der Waals surface area contributed by atoms with Crippen LogP contribution in [-0.2, 0) is 4.79 Å². The van der Waals surface area contributed by atoms with Crippen molar-refractivity contribution in [1.82, 2.24) is 9.80 Å². The minimum atomic E-state index is -0.164. The zero-order valence-corrected chi connectivity index (χ0v) is 11.2. The third kappa shape index (κ3) is 2.55. The number of carbonyl (C=O) groups is 1. The fourth-order valence-electron chi connectivity index (χ4n) is 2.31. The molecule has 1 amide bonds. The van der Waals surface area contributed by atoms with E-state index in [1.807, 2.05) is 11.9 Å². The summed E-state index contributed by atoms with van der Waals surface area (Å²) >= 11 is 0. The number of hydrogen-bond acceptors (Lipinski definition) is 3. The molecule has 4 heteroatoms. The normalized spacial score (nSPS) is 26.6. The maximum atomic E-state index is 12.2. The van der Waals surface area contributed by atoms with Crippen molar-refractivity contribution in [3.05, 3.63) is 0 Å². The Hall–Kier alpha value is -0.610. The molecule has 0 spiro atoms. The van der Waals surface area contributed by atoms with E-state index in [9.17, 15) is 4.79 Å². The Labute approximate surface area is 98.8 Å². The summed E-state index contributed by atoms with van der Waals surface area (Å²) in [5, 5.41) is 0. The Morgan fingerprint density at radius 3 is 2.50 bits per heavy atom. The van der Waals surface area contributed by atoms with Crippen LogP contribution in [0.3, 0.4) is 0 Å². The van der Waals surface area contributed by atoms with Crippen LogP contribution in [0.2, 0.25) is 0 Å². The third-order valence-corrected chi connectivity index (χ3v) is 3.41. The van der Waals surface area contributed by atoms with E-state index in [-0.39, 0.29) is 17.5 Å². The summed E-state index contributed by atoms with van der Waals surface area (Å²) in [6.07, 6.45) is 0. The second-order valence-electron chi connectivity index (χ2n) is 5.79. The van der Waals surface area contributed by atoms with Crippen molar-refractivity contribution in [2.75, 3.05) is 26.7 Å². The molecule has 1 fully saturated rings. The number of nitrogens with zero attached hydrogens (tertiary/aromatic N) is 2. The molecule has 1 aliphatic heterocycles. The van der Waals surface area contributed by atoms with Gasteiger partial charge in [-0.15, -0.1) is 0 Å². The first-order valence-corrected chi connectivity index (χ1v) is 6.01. The van der Waals surface area contributed by atoms with Crippen molar-refractivity contribution in [3.63, 3.8) is 0 Å². The van der Waals surface area contributed by atoms with Crippen molar-refractivity contribution < 1.29 is 4.79 Å². The largest absolute Gasteiger partial charge is 0.339 e. The van der Waals surface area contributed by atoms with Gasteiger partial charge in [-0.25, -0.2) is 0 Å². The van der Waals surface area contributed by atoms with Crippen LogP contribution in [0.15, 0.2) is 0 Å². The predicted octanol–water partition coefficient (Wildman–Crippen LogP) is 0.522. The number of hydrogen-bond donors (Lipinski definition) is 1. The Kier molecular flexibility index (Phi) is 3.97. The monoisotopic (exact) mass is 227 g/mol. The molecular formula is C12H25N3O. The molecule has 0 aromatic rings. The summed E-state index contributed by atoms with van der Waals surface area (Å²) in [6.45, 7) is 10.6. The van der Waals surface area contributed by atoms with Crippen molar-refractivity contribution in [2.24, 2.45) is 11.7 Å². The van der Waals surface area contributed by atoms with E-state index in [4.69, 9.17) is 5.73 Å². The topological polar surface area (TPSA) is 49.6 Å². The maximum Gasteiger partial charge on any atom is 0.241 e. The third-order valence-electron chi connectivity index (χ3n) is 3.41. The molecule has 0 aromatic heterocycles. The second kappa shape index (κ2) is 4.72. The first-order chi connectivity index (χ1) is 7.29. The van der Waals surface area contributed by atoms with Crippen molar-refractivity contribution >= 4 is 5.91 Å². The molecule has 0 saturated carbocycles. The average Bonchev–Trinajstić information content (AvgIpc) is 2.14. The van der Waals surface area contributed by atoms with Crippen LogP contribution >= 0.6 is 0 Å². The first-order valence-electron chi connectivity index (χ1n) is 6.01. The average molecular weight is 227 g/mol. The summed E-state index contributed by atoms with van der Waals surface area (Å²) in [5.41, 5.74) is 5.72. The van der Waals surface area contributed by atoms with E-state index < -0.39 is 0 Å². The number of rotatable bonds is 3. The summed E-state index contributed by atoms with van der Waals surface area (Å²) in [5.74, 6) is 0.680. The highest BCUT2D eigenvalue weighted by Crippen LogP contribution is 2.24. The van der Waals surface area contributed by atoms with Gasteiger partial charge in [-0.2, -0.15) is 0 Å².